The number of rotatable bonds is 5. The maximum Gasteiger partial charge on any atom is 0.342 e. The van der Waals surface area contributed by atoms with Crippen molar-refractivity contribution in [1.82, 2.24) is 0 Å². The summed E-state index contributed by atoms with van der Waals surface area (Å²) in [7, 11) is 3.00. The third-order valence-electron chi connectivity index (χ3n) is 3.82. The van der Waals surface area contributed by atoms with Crippen molar-refractivity contribution in [1.29, 1.82) is 0 Å². The van der Waals surface area contributed by atoms with Gasteiger partial charge in [0.05, 0.1) is 14.2 Å². The molecule has 0 saturated heterocycles. The molecule has 6 heteroatoms. The standard InChI is InChI=1S/C19H18O6/c1-22-16-8-13-15(9-17(16)23-2)24-11-14(20)18(13)19(21)25-10-12-6-4-3-5-7-12/h3-9,20H,10-11H2,1-2H3. The summed E-state index contributed by atoms with van der Waals surface area (Å²) in [4.78, 5) is 12.5. The maximum atomic E-state index is 12.5. The van der Waals surface area contributed by atoms with Gasteiger partial charge in [0, 0.05) is 11.6 Å². The highest BCUT2D eigenvalue weighted by Gasteiger charge is 2.29. The molecule has 0 aromatic heterocycles. The van der Waals surface area contributed by atoms with E-state index in [4.69, 9.17) is 18.9 Å². The first-order chi connectivity index (χ1) is 12.1. The Morgan fingerprint density at radius 1 is 1.12 bits per heavy atom. The molecule has 1 N–H and O–H groups in total. The zero-order valence-corrected chi connectivity index (χ0v) is 13.9. The lowest BCUT2D eigenvalue weighted by Crippen LogP contribution is -2.18. The molecule has 0 spiro atoms. The van der Waals surface area contributed by atoms with Crippen LogP contribution in [0.5, 0.6) is 17.2 Å². The third-order valence-corrected chi connectivity index (χ3v) is 3.82. The van der Waals surface area contributed by atoms with Gasteiger partial charge in [-0.2, -0.15) is 0 Å². The van der Waals surface area contributed by atoms with Crippen molar-refractivity contribution >= 4 is 11.5 Å². The minimum Gasteiger partial charge on any atom is -0.508 e. The lowest BCUT2D eigenvalue weighted by Gasteiger charge is -2.22. The molecular formula is C19H18O6. The van der Waals surface area contributed by atoms with E-state index in [0.29, 0.717) is 22.8 Å². The van der Waals surface area contributed by atoms with Gasteiger partial charge in [0.2, 0.25) is 0 Å². The van der Waals surface area contributed by atoms with Crippen LogP contribution in [0.25, 0.3) is 5.57 Å². The Labute approximate surface area is 145 Å². The van der Waals surface area contributed by atoms with Crippen LogP contribution < -0.4 is 14.2 Å². The number of benzene rings is 2. The second kappa shape index (κ2) is 7.17. The summed E-state index contributed by atoms with van der Waals surface area (Å²) in [5, 5.41) is 10.2. The van der Waals surface area contributed by atoms with Crippen molar-refractivity contribution in [3.05, 3.63) is 59.4 Å². The van der Waals surface area contributed by atoms with E-state index < -0.39 is 5.97 Å². The highest BCUT2D eigenvalue weighted by Crippen LogP contribution is 2.41. The average molecular weight is 342 g/mol. The molecule has 0 radical (unpaired) electrons. The molecule has 6 nitrogen and oxygen atoms in total. The first kappa shape index (κ1) is 16.7. The predicted octanol–water partition coefficient (Wildman–Crippen LogP) is 3.11. The SMILES string of the molecule is COc1cc2c(cc1OC)C(C(=O)OCc1ccccc1)=C(O)CO2. The Hall–Kier alpha value is -3.15. The molecule has 2 aromatic carbocycles. The van der Waals surface area contributed by atoms with Crippen molar-refractivity contribution in [2.45, 2.75) is 6.61 Å². The topological polar surface area (TPSA) is 74.2 Å². The summed E-state index contributed by atoms with van der Waals surface area (Å²) in [6.07, 6.45) is 0. The minimum atomic E-state index is -0.627. The highest BCUT2D eigenvalue weighted by molar-refractivity contribution is 6.18. The Morgan fingerprint density at radius 2 is 1.80 bits per heavy atom. The van der Waals surface area contributed by atoms with E-state index in [1.165, 1.54) is 14.2 Å². The molecule has 0 unspecified atom stereocenters. The molecule has 0 aliphatic carbocycles. The van der Waals surface area contributed by atoms with Crippen molar-refractivity contribution in [2.75, 3.05) is 20.8 Å². The monoisotopic (exact) mass is 342 g/mol. The van der Waals surface area contributed by atoms with Gasteiger partial charge in [-0.05, 0) is 11.6 Å². The lowest BCUT2D eigenvalue weighted by molar-refractivity contribution is -0.138. The van der Waals surface area contributed by atoms with Crippen LogP contribution in [0, 0.1) is 0 Å². The molecule has 0 atom stereocenters. The average Bonchev–Trinajstić information content (AvgIpc) is 2.65. The van der Waals surface area contributed by atoms with Gasteiger partial charge in [0.1, 0.15) is 30.3 Å². The smallest absolute Gasteiger partial charge is 0.342 e. The molecule has 0 bridgehead atoms. The van der Waals surface area contributed by atoms with Crippen LogP contribution in [-0.4, -0.2) is 31.9 Å². The zero-order valence-electron chi connectivity index (χ0n) is 13.9. The van der Waals surface area contributed by atoms with E-state index in [1.54, 1.807) is 12.1 Å². The van der Waals surface area contributed by atoms with Gasteiger partial charge >= 0.3 is 5.97 Å². The van der Waals surface area contributed by atoms with Crippen LogP contribution in [0.2, 0.25) is 0 Å². The number of ether oxygens (including phenoxy) is 4. The number of fused-ring (bicyclic) bond motifs is 1. The Bertz CT molecular complexity index is 810. The molecule has 25 heavy (non-hydrogen) atoms. The Balaban J connectivity index is 1.89. The summed E-state index contributed by atoms with van der Waals surface area (Å²) in [5.41, 5.74) is 1.33. The van der Waals surface area contributed by atoms with Crippen LogP contribution in [-0.2, 0) is 16.1 Å². The van der Waals surface area contributed by atoms with E-state index in [-0.39, 0.29) is 24.5 Å². The first-order valence-electron chi connectivity index (χ1n) is 7.66. The summed E-state index contributed by atoms with van der Waals surface area (Å²) in [5.74, 6) is 0.505. The normalized spacial score (nSPS) is 12.9. The van der Waals surface area contributed by atoms with Gasteiger partial charge in [-0.1, -0.05) is 30.3 Å². The number of aliphatic hydroxyl groups excluding tert-OH is 1. The molecule has 0 fully saturated rings. The van der Waals surface area contributed by atoms with E-state index in [0.717, 1.165) is 5.56 Å². The fourth-order valence-electron chi connectivity index (χ4n) is 2.57. The zero-order chi connectivity index (χ0) is 17.8. The Kier molecular flexibility index (Phi) is 4.79. The largest absolute Gasteiger partial charge is 0.508 e. The molecule has 1 aliphatic heterocycles. The van der Waals surface area contributed by atoms with E-state index in [2.05, 4.69) is 0 Å². The lowest BCUT2D eigenvalue weighted by atomic mass is 10.0. The van der Waals surface area contributed by atoms with Crippen LogP contribution in [0.3, 0.4) is 0 Å². The quantitative estimate of drug-likeness (QED) is 0.842. The summed E-state index contributed by atoms with van der Waals surface area (Å²) in [6.45, 7) is -0.00180. The van der Waals surface area contributed by atoms with E-state index in [9.17, 15) is 9.90 Å². The molecule has 1 aliphatic rings. The Morgan fingerprint density at radius 3 is 2.48 bits per heavy atom. The molecule has 130 valence electrons. The minimum absolute atomic E-state index is 0.0677. The summed E-state index contributed by atoms with van der Waals surface area (Å²) in [6, 6.07) is 12.5. The van der Waals surface area contributed by atoms with Gasteiger partial charge in [-0.25, -0.2) is 4.79 Å². The number of aliphatic hydroxyl groups is 1. The molecule has 0 amide bonds. The van der Waals surface area contributed by atoms with Gasteiger partial charge < -0.3 is 24.1 Å². The van der Waals surface area contributed by atoms with Crippen LogP contribution in [0.1, 0.15) is 11.1 Å². The van der Waals surface area contributed by atoms with E-state index in [1.807, 2.05) is 30.3 Å². The van der Waals surface area contributed by atoms with E-state index >= 15 is 0 Å². The number of carbonyl (C=O) groups excluding carboxylic acids is 1. The van der Waals surface area contributed by atoms with Crippen molar-refractivity contribution < 1.29 is 28.8 Å². The van der Waals surface area contributed by atoms with Crippen molar-refractivity contribution in [3.8, 4) is 17.2 Å². The summed E-state index contributed by atoms with van der Waals surface area (Å²) < 4.78 is 21.3. The van der Waals surface area contributed by atoms with Gasteiger partial charge in [-0.3, -0.25) is 0 Å². The number of methoxy groups -OCH3 is 2. The molecule has 3 rings (SSSR count). The fourth-order valence-corrected chi connectivity index (χ4v) is 2.57. The van der Waals surface area contributed by atoms with Crippen LogP contribution >= 0.6 is 0 Å². The van der Waals surface area contributed by atoms with Gasteiger partial charge in [-0.15, -0.1) is 0 Å². The fraction of sp³-hybridized carbons (Fsp3) is 0.211. The summed E-state index contributed by atoms with van der Waals surface area (Å²) >= 11 is 0. The number of carbonyl (C=O) groups is 1. The van der Waals surface area contributed by atoms with Gasteiger partial charge in [0.15, 0.2) is 11.5 Å². The van der Waals surface area contributed by atoms with Crippen molar-refractivity contribution in [2.24, 2.45) is 0 Å². The van der Waals surface area contributed by atoms with Crippen molar-refractivity contribution in [3.63, 3.8) is 0 Å². The second-order valence-electron chi connectivity index (χ2n) is 5.38. The van der Waals surface area contributed by atoms with Crippen LogP contribution in [0.4, 0.5) is 0 Å². The number of hydrogen-bond acceptors (Lipinski definition) is 6. The first-order valence-corrected chi connectivity index (χ1v) is 7.66. The molecular weight excluding hydrogens is 324 g/mol. The second-order valence-corrected chi connectivity index (χ2v) is 5.38. The predicted molar refractivity (Wildman–Crippen MR) is 90.8 cm³/mol. The highest BCUT2D eigenvalue weighted by atomic mass is 16.5. The maximum absolute atomic E-state index is 12.5. The van der Waals surface area contributed by atoms with Crippen LogP contribution in [0.15, 0.2) is 48.2 Å². The van der Waals surface area contributed by atoms with Gasteiger partial charge in [0.25, 0.3) is 0 Å². The number of hydrogen-bond donors (Lipinski definition) is 1. The molecule has 0 saturated carbocycles. The number of esters is 1. The third kappa shape index (κ3) is 3.38. The molecule has 2 aromatic rings. The molecule has 1 heterocycles.